The number of carboxylic acid groups (broad SMARTS) is 1. The predicted octanol–water partition coefficient (Wildman–Crippen LogP) is 1.68. The highest BCUT2D eigenvalue weighted by Gasteiger charge is 2.09. The number of aromatic nitrogens is 3. The lowest BCUT2D eigenvalue weighted by molar-refractivity contribution is -0.136. The van der Waals surface area contributed by atoms with E-state index in [1.54, 1.807) is 13.0 Å². The third-order valence-corrected chi connectivity index (χ3v) is 2.97. The van der Waals surface area contributed by atoms with Gasteiger partial charge in [-0.2, -0.15) is 5.10 Å². The molecule has 4 N–H and O–H groups in total. The molecule has 0 saturated heterocycles. The van der Waals surface area contributed by atoms with Crippen molar-refractivity contribution in [1.29, 1.82) is 0 Å². The fourth-order valence-corrected chi connectivity index (χ4v) is 1.82. The van der Waals surface area contributed by atoms with Crippen molar-refractivity contribution >= 4 is 17.7 Å². The molecule has 0 aliphatic rings. The number of H-pyrrole nitrogens is 1. The summed E-state index contributed by atoms with van der Waals surface area (Å²) in [4.78, 5) is 26.4. The number of nitrogens with zero attached hydrogens (tertiary/aromatic N) is 2. The van der Waals surface area contributed by atoms with Crippen LogP contribution in [0.1, 0.15) is 17.8 Å². The molecule has 0 aliphatic heterocycles. The van der Waals surface area contributed by atoms with Gasteiger partial charge in [0.25, 0.3) is 0 Å². The van der Waals surface area contributed by atoms with Crippen LogP contribution in [0.25, 0.3) is 11.4 Å². The molecule has 2 rings (SSSR count). The Bertz CT molecular complexity index is 696. The first-order valence-corrected chi connectivity index (χ1v) is 6.72. The standard InChI is InChI=1S/C14H17N5O3/c1-8-3-4-10(13-16-9(2)18-19-13)7-11(8)17-14(22)15-6-5-12(20)21/h3-4,7H,5-6H2,1-2H3,(H,20,21)(H2,15,17,22)(H,16,18,19). The molecule has 8 heteroatoms. The van der Waals surface area contributed by atoms with Crippen LogP contribution >= 0.6 is 0 Å². The predicted molar refractivity (Wildman–Crippen MR) is 80.6 cm³/mol. The van der Waals surface area contributed by atoms with Crippen molar-refractivity contribution in [1.82, 2.24) is 20.5 Å². The number of hydrogen-bond acceptors (Lipinski definition) is 4. The topological polar surface area (TPSA) is 120 Å². The molecular weight excluding hydrogens is 286 g/mol. The zero-order valence-corrected chi connectivity index (χ0v) is 12.3. The Morgan fingerprint density at radius 2 is 2.09 bits per heavy atom. The number of nitrogens with one attached hydrogen (secondary N) is 3. The minimum atomic E-state index is -0.960. The highest BCUT2D eigenvalue weighted by Crippen LogP contribution is 2.22. The van der Waals surface area contributed by atoms with Crippen LogP contribution in [0.2, 0.25) is 0 Å². The SMILES string of the molecule is Cc1nc(-c2ccc(C)c(NC(=O)NCCC(=O)O)c2)n[nH]1. The Morgan fingerprint density at radius 3 is 2.73 bits per heavy atom. The van der Waals surface area contributed by atoms with Crippen LogP contribution in [0.15, 0.2) is 18.2 Å². The molecule has 8 nitrogen and oxygen atoms in total. The molecule has 2 aromatic rings. The van der Waals surface area contributed by atoms with E-state index in [1.807, 2.05) is 19.1 Å². The number of benzene rings is 1. The summed E-state index contributed by atoms with van der Waals surface area (Å²) < 4.78 is 0. The fraction of sp³-hybridized carbons (Fsp3) is 0.286. The van der Waals surface area contributed by atoms with Crippen LogP contribution in [0.4, 0.5) is 10.5 Å². The summed E-state index contributed by atoms with van der Waals surface area (Å²) in [6.45, 7) is 3.74. The third-order valence-electron chi connectivity index (χ3n) is 2.97. The van der Waals surface area contributed by atoms with Crippen LogP contribution in [-0.2, 0) is 4.79 Å². The minimum absolute atomic E-state index is 0.0695. The van der Waals surface area contributed by atoms with E-state index in [1.165, 1.54) is 0 Å². The van der Waals surface area contributed by atoms with Crippen LogP contribution in [0, 0.1) is 13.8 Å². The van der Waals surface area contributed by atoms with Crippen LogP contribution in [0.5, 0.6) is 0 Å². The van der Waals surface area contributed by atoms with Crippen molar-refractivity contribution in [3.63, 3.8) is 0 Å². The third kappa shape index (κ3) is 4.05. The first-order valence-electron chi connectivity index (χ1n) is 6.72. The average molecular weight is 303 g/mol. The molecule has 0 bridgehead atoms. The second-order valence-corrected chi connectivity index (χ2v) is 4.80. The van der Waals surface area contributed by atoms with Crippen molar-refractivity contribution in [3.05, 3.63) is 29.6 Å². The van der Waals surface area contributed by atoms with Gasteiger partial charge in [-0.15, -0.1) is 0 Å². The van der Waals surface area contributed by atoms with Crippen molar-refractivity contribution in [3.8, 4) is 11.4 Å². The monoisotopic (exact) mass is 303 g/mol. The summed E-state index contributed by atoms with van der Waals surface area (Å²) in [5, 5.41) is 20.6. The lowest BCUT2D eigenvalue weighted by Crippen LogP contribution is -2.30. The van der Waals surface area contributed by atoms with Gasteiger partial charge in [-0.25, -0.2) is 9.78 Å². The summed E-state index contributed by atoms with van der Waals surface area (Å²) in [5.74, 6) is 0.293. The maximum absolute atomic E-state index is 11.7. The van der Waals surface area contributed by atoms with Gasteiger partial charge in [0.05, 0.1) is 6.42 Å². The van der Waals surface area contributed by atoms with Crippen LogP contribution < -0.4 is 10.6 Å². The molecule has 0 aliphatic carbocycles. The number of aliphatic carboxylic acids is 1. The largest absolute Gasteiger partial charge is 0.481 e. The number of hydrogen-bond donors (Lipinski definition) is 4. The summed E-state index contributed by atoms with van der Waals surface area (Å²) in [7, 11) is 0. The van der Waals surface area contributed by atoms with Gasteiger partial charge in [-0.05, 0) is 25.5 Å². The molecule has 0 atom stereocenters. The lowest BCUT2D eigenvalue weighted by Gasteiger charge is -2.10. The van der Waals surface area contributed by atoms with E-state index < -0.39 is 12.0 Å². The Labute approximate surface area is 127 Å². The molecule has 0 fully saturated rings. The van der Waals surface area contributed by atoms with Gasteiger partial charge >= 0.3 is 12.0 Å². The summed E-state index contributed by atoms with van der Waals surface area (Å²) in [5.41, 5.74) is 2.27. The smallest absolute Gasteiger partial charge is 0.319 e. The van der Waals surface area contributed by atoms with Gasteiger partial charge in [0.2, 0.25) is 0 Å². The molecule has 0 saturated carbocycles. The highest BCUT2D eigenvalue weighted by atomic mass is 16.4. The number of aromatic amines is 1. The van der Waals surface area contributed by atoms with Gasteiger partial charge < -0.3 is 15.7 Å². The van der Waals surface area contributed by atoms with E-state index in [0.29, 0.717) is 17.3 Å². The average Bonchev–Trinajstić information content (AvgIpc) is 2.87. The van der Waals surface area contributed by atoms with E-state index in [-0.39, 0.29) is 13.0 Å². The second kappa shape index (κ2) is 6.70. The van der Waals surface area contributed by atoms with Crippen LogP contribution in [0.3, 0.4) is 0 Å². The summed E-state index contributed by atoms with van der Waals surface area (Å²) in [6, 6.07) is 5.04. The first kappa shape index (κ1) is 15.5. The molecule has 0 unspecified atom stereocenters. The zero-order chi connectivity index (χ0) is 16.1. The number of aryl methyl sites for hydroxylation is 2. The fourth-order valence-electron chi connectivity index (χ4n) is 1.82. The van der Waals surface area contributed by atoms with Gasteiger partial charge in [0.15, 0.2) is 5.82 Å². The number of urea groups is 1. The van der Waals surface area contributed by atoms with E-state index in [0.717, 1.165) is 11.1 Å². The molecular formula is C14H17N5O3. The molecule has 2 amide bonds. The Morgan fingerprint density at radius 1 is 1.32 bits per heavy atom. The number of carboxylic acids is 1. The Hall–Kier alpha value is -2.90. The summed E-state index contributed by atoms with van der Waals surface area (Å²) in [6.07, 6.45) is -0.122. The number of amides is 2. The van der Waals surface area contributed by atoms with Crippen molar-refractivity contribution < 1.29 is 14.7 Å². The van der Waals surface area contributed by atoms with Crippen LogP contribution in [-0.4, -0.2) is 38.8 Å². The Kier molecular flexibility index (Phi) is 4.72. The van der Waals surface area contributed by atoms with Crippen molar-refractivity contribution in [2.24, 2.45) is 0 Å². The van der Waals surface area contributed by atoms with Crippen molar-refractivity contribution in [2.45, 2.75) is 20.3 Å². The number of anilines is 1. The van der Waals surface area contributed by atoms with E-state index >= 15 is 0 Å². The number of carbonyl (C=O) groups is 2. The molecule has 116 valence electrons. The van der Waals surface area contributed by atoms with Gasteiger partial charge in [0, 0.05) is 17.8 Å². The normalized spacial score (nSPS) is 10.3. The maximum Gasteiger partial charge on any atom is 0.319 e. The quantitative estimate of drug-likeness (QED) is 0.670. The molecule has 1 heterocycles. The van der Waals surface area contributed by atoms with E-state index in [2.05, 4.69) is 25.8 Å². The zero-order valence-electron chi connectivity index (χ0n) is 12.3. The molecule has 1 aromatic carbocycles. The first-order chi connectivity index (χ1) is 10.5. The Balaban J connectivity index is 2.07. The maximum atomic E-state index is 11.7. The molecule has 0 radical (unpaired) electrons. The molecule has 0 spiro atoms. The number of rotatable bonds is 5. The summed E-state index contributed by atoms with van der Waals surface area (Å²) >= 11 is 0. The van der Waals surface area contributed by atoms with Gasteiger partial charge in [0.1, 0.15) is 5.82 Å². The number of carbonyl (C=O) groups excluding carboxylic acids is 1. The lowest BCUT2D eigenvalue weighted by atomic mass is 10.1. The van der Waals surface area contributed by atoms with Gasteiger partial charge in [-0.3, -0.25) is 9.89 Å². The molecule has 22 heavy (non-hydrogen) atoms. The minimum Gasteiger partial charge on any atom is -0.481 e. The van der Waals surface area contributed by atoms with E-state index in [9.17, 15) is 9.59 Å². The van der Waals surface area contributed by atoms with Crippen molar-refractivity contribution in [2.75, 3.05) is 11.9 Å². The van der Waals surface area contributed by atoms with E-state index in [4.69, 9.17) is 5.11 Å². The highest BCUT2D eigenvalue weighted by molar-refractivity contribution is 5.91. The molecule has 1 aromatic heterocycles. The second-order valence-electron chi connectivity index (χ2n) is 4.80. The van der Waals surface area contributed by atoms with Gasteiger partial charge in [-0.1, -0.05) is 12.1 Å².